The highest BCUT2D eigenvalue weighted by Gasteiger charge is 2.10. The largest absolute Gasteiger partial charge is 0.495 e. The lowest BCUT2D eigenvalue weighted by atomic mass is 10.0. The summed E-state index contributed by atoms with van der Waals surface area (Å²) < 4.78 is 5.20. The molecule has 2 aromatic carbocycles. The standard InChI is InChI=1S/C17H20N2O2/c1-21-16-10-6-5-9-15(16)19-17(20)12-11-14(18)13-7-3-2-4-8-13/h2-10,14H,11-12,18H2,1H3,(H,19,20). The zero-order valence-electron chi connectivity index (χ0n) is 12.1. The minimum atomic E-state index is -0.130. The van der Waals surface area contributed by atoms with E-state index in [-0.39, 0.29) is 11.9 Å². The van der Waals surface area contributed by atoms with E-state index >= 15 is 0 Å². The Kier molecular flexibility index (Phi) is 5.35. The molecule has 0 saturated heterocycles. The van der Waals surface area contributed by atoms with Crippen LogP contribution in [0.4, 0.5) is 5.69 Å². The van der Waals surface area contributed by atoms with Crippen LogP contribution in [0.5, 0.6) is 5.75 Å². The summed E-state index contributed by atoms with van der Waals surface area (Å²) in [7, 11) is 1.58. The topological polar surface area (TPSA) is 64.3 Å². The van der Waals surface area contributed by atoms with Gasteiger partial charge in [-0.3, -0.25) is 4.79 Å². The Morgan fingerprint density at radius 2 is 1.81 bits per heavy atom. The summed E-state index contributed by atoms with van der Waals surface area (Å²) in [5.74, 6) is 0.587. The first kappa shape index (κ1) is 15.1. The average Bonchev–Trinajstić information content (AvgIpc) is 2.54. The molecule has 2 aromatic rings. The lowest BCUT2D eigenvalue weighted by Gasteiger charge is -2.13. The van der Waals surface area contributed by atoms with Gasteiger partial charge in [0.05, 0.1) is 12.8 Å². The van der Waals surface area contributed by atoms with Crippen LogP contribution < -0.4 is 15.8 Å². The smallest absolute Gasteiger partial charge is 0.224 e. The second-order valence-corrected chi connectivity index (χ2v) is 4.80. The van der Waals surface area contributed by atoms with E-state index in [1.807, 2.05) is 54.6 Å². The number of hydrogen-bond acceptors (Lipinski definition) is 3. The molecule has 1 unspecified atom stereocenters. The maximum atomic E-state index is 12.0. The molecule has 0 aliphatic carbocycles. The molecule has 110 valence electrons. The van der Waals surface area contributed by atoms with Gasteiger partial charge in [-0.25, -0.2) is 0 Å². The fraction of sp³-hybridized carbons (Fsp3) is 0.235. The van der Waals surface area contributed by atoms with Crippen molar-refractivity contribution in [3.8, 4) is 5.75 Å². The van der Waals surface area contributed by atoms with Crippen LogP contribution in [0.3, 0.4) is 0 Å². The van der Waals surface area contributed by atoms with Gasteiger partial charge < -0.3 is 15.8 Å². The lowest BCUT2D eigenvalue weighted by molar-refractivity contribution is -0.116. The van der Waals surface area contributed by atoms with Crippen LogP contribution in [0.15, 0.2) is 54.6 Å². The number of ether oxygens (including phenoxy) is 1. The van der Waals surface area contributed by atoms with E-state index in [1.165, 1.54) is 0 Å². The molecular weight excluding hydrogens is 264 g/mol. The highest BCUT2D eigenvalue weighted by molar-refractivity contribution is 5.92. The van der Waals surface area contributed by atoms with Crippen LogP contribution in [0.25, 0.3) is 0 Å². The first-order valence-corrected chi connectivity index (χ1v) is 6.94. The zero-order valence-corrected chi connectivity index (χ0v) is 12.1. The van der Waals surface area contributed by atoms with Gasteiger partial charge >= 0.3 is 0 Å². The zero-order chi connectivity index (χ0) is 15.1. The van der Waals surface area contributed by atoms with E-state index in [0.717, 1.165) is 5.56 Å². The van der Waals surface area contributed by atoms with Gasteiger partial charge in [-0.15, -0.1) is 0 Å². The molecule has 0 radical (unpaired) electrons. The Labute approximate surface area is 124 Å². The van der Waals surface area contributed by atoms with Gasteiger partial charge in [-0.05, 0) is 24.1 Å². The molecular formula is C17H20N2O2. The number of nitrogens with one attached hydrogen (secondary N) is 1. The predicted octanol–water partition coefficient (Wildman–Crippen LogP) is 3.11. The first-order chi connectivity index (χ1) is 10.2. The third-order valence-electron chi connectivity index (χ3n) is 3.29. The number of nitrogens with two attached hydrogens (primary N) is 1. The van der Waals surface area contributed by atoms with Crippen LogP contribution in [0.1, 0.15) is 24.4 Å². The molecule has 0 spiro atoms. The third-order valence-corrected chi connectivity index (χ3v) is 3.29. The van der Waals surface area contributed by atoms with Crippen molar-refractivity contribution in [3.63, 3.8) is 0 Å². The van der Waals surface area contributed by atoms with E-state index in [9.17, 15) is 4.79 Å². The molecule has 4 heteroatoms. The number of carbonyl (C=O) groups excluding carboxylic acids is 1. The summed E-state index contributed by atoms with van der Waals surface area (Å²) in [4.78, 5) is 12.0. The van der Waals surface area contributed by atoms with Crippen LogP contribution in [-0.2, 0) is 4.79 Å². The predicted molar refractivity (Wildman–Crippen MR) is 84.2 cm³/mol. The fourth-order valence-electron chi connectivity index (χ4n) is 2.11. The maximum Gasteiger partial charge on any atom is 0.224 e. The van der Waals surface area contributed by atoms with Crippen molar-refractivity contribution in [1.29, 1.82) is 0 Å². The number of amides is 1. The number of methoxy groups -OCH3 is 1. The van der Waals surface area contributed by atoms with E-state index < -0.39 is 0 Å². The Bertz CT molecular complexity index is 584. The number of hydrogen-bond donors (Lipinski definition) is 2. The minimum absolute atomic E-state index is 0.0640. The van der Waals surface area contributed by atoms with Crippen LogP contribution in [-0.4, -0.2) is 13.0 Å². The number of carbonyl (C=O) groups is 1. The molecule has 0 heterocycles. The molecule has 0 aliphatic rings. The van der Waals surface area contributed by atoms with Crippen molar-refractivity contribution in [2.75, 3.05) is 12.4 Å². The molecule has 3 N–H and O–H groups in total. The van der Waals surface area contributed by atoms with Crippen LogP contribution in [0, 0.1) is 0 Å². The maximum absolute atomic E-state index is 12.0. The van der Waals surface area contributed by atoms with Crippen molar-refractivity contribution in [3.05, 3.63) is 60.2 Å². The molecule has 0 saturated carbocycles. The molecule has 21 heavy (non-hydrogen) atoms. The average molecular weight is 284 g/mol. The van der Waals surface area contributed by atoms with Crippen LogP contribution >= 0.6 is 0 Å². The molecule has 4 nitrogen and oxygen atoms in total. The molecule has 0 bridgehead atoms. The van der Waals surface area contributed by atoms with E-state index in [0.29, 0.717) is 24.3 Å². The normalized spacial score (nSPS) is 11.7. The SMILES string of the molecule is COc1ccccc1NC(=O)CCC(N)c1ccccc1. The van der Waals surface area contributed by atoms with E-state index in [4.69, 9.17) is 10.5 Å². The highest BCUT2D eigenvalue weighted by Crippen LogP contribution is 2.23. The summed E-state index contributed by atoms with van der Waals surface area (Å²) in [6.45, 7) is 0. The van der Waals surface area contributed by atoms with Gasteiger partial charge in [0.15, 0.2) is 0 Å². The highest BCUT2D eigenvalue weighted by atomic mass is 16.5. The lowest BCUT2D eigenvalue weighted by Crippen LogP contribution is -2.17. The first-order valence-electron chi connectivity index (χ1n) is 6.94. The number of benzene rings is 2. The van der Waals surface area contributed by atoms with Gasteiger partial charge in [0.25, 0.3) is 0 Å². The number of anilines is 1. The molecule has 0 aliphatic heterocycles. The van der Waals surface area contributed by atoms with Crippen molar-refractivity contribution < 1.29 is 9.53 Å². The Morgan fingerprint density at radius 3 is 2.52 bits per heavy atom. The van der Waals surface area contributed by atoms with Gasteiger partial charge in [-0.2, -0.15) is 0 Å². The van der Waals surface area contributed by atoms with Gasteiger partial charge in [0.1, 0.15) is 5.75 Å². The second kappa shape index (κ2) is 7.45. The molecule has 2 rings (SSSR count). The number of para-hydroxylation sites is 2. The third kappa shape index (κ3) is 4.33. The van der Waals surface area contributed by atoms with Gasteiger partial charge in [0.2, 0.25) is 5.91 Å². The van der Waals surface area contributed by atoms with Gasteiger partial charge in [0, 0.05) is 12.5 Å². The number of rotatable bonds is 6. The quantitative estimate of drug-likeness (QED) is 0.856. The van der Waals surface area contributed by atoms with Crippen molar-refractivity contribution in [1.82, 2.24) is 0 Å². The Balaban J connectivity index is 1.88. The summed E-state index contributed by atoms with van der Waals surface area (Å²) in [5.41, 5.74) is 7.81. The molecule has 0 aromatic heterocycles. The monoisotopic (exact) mass is 284 g/mol. The van der Waals surface area contributed by atoms with Gasteiger partial charge in [-0.1, -0.05) is 42.5 Å². The summed E-state index contributed by atoms with van der Waals surface area (Å²) in [5, 5.41) is 2.85. The molecule has 1 amide bonds. The van der Waals surface area contributed by atoms with Crippen molar-refractivity contribution >= 4 is 11.6 Å². The fourth-order valence-corrected chi connectivity index (χ4v) is 2.11. The Morgan fingerprint density at radius 1 is 1.14 bits per heavy atom. The van der Waals surface area contributed by atoms with E-state index in [2.05, 4.69) is 5.32 Å². The summed E-state index contributed by atoms with van der Waals surface area (Å²) >= 11 is 0. The van der Waals surface area contributed by atoms with Crippen molar-refractivity contribution in [2.45, 2.75) is 18.9 Å². The van der Waals surface area contributed by atoms with Crippen molar-refractivity contribution in [2.24, 2.45) is 5.73 Å². The van der Waals surface area contributed by atoms with Crippen LogP contribution in [0.2, 0.25) is 0 Å². The summed E-state index contributed by atoms with van der Waals surface area (Å²) in [6, 6.07) is 17.0. The Hall–Kier alpha value is -2.33. The second-order valence-electron chi connectivity index (χ2n) is 4.80. The minimum Gasteiger partial charge on any atom is -0.495 e. The molecule has 1 atom stereocenters. The molecule has 0 fully saturated rings. The summed E-state index contributed by atoms with van der Waals surface area (Å²) in [6.07, 6.45) is 0.971. The van der Waals surface area contributed by atoms with E-state index in [1.54, 1.807) is 7.11 Å².